The molecule has 2 N–H and O–H groups in total. The number of ether oxygens (including phenoxy) is 3. The molecule has 14 heteroatoms. The van der Waals surface area contributed by atoms with Gasteiger partial charge >= 0.3 is 12.2 Å². The number of anilines is 1. The van der Waals surface area contributed by atoms with Crippen LogP contribution in [0.15, 0.2) is 6.07 Å². The molecule has 3 rings (SSSR count). The highest BCUT2D eigenvalue weighted by atomic mass is 35.5. The number of likely N-dealkylation sites (tertiary alicyclic amines) is 1. The summed E-state index contributed by atoms with van der Waals surface area (Å²) in [5.74, 6) is -4.81. The largest absolute Gasteiger partial charge is 0.513 e. The Morgan fingerprint density at radius 1 is 1.32 bits per heavy atom. The van der Waals surface area contributed by atoms with Crippen LogP contribution in [-0.2, 0) is 11.3 Å². The first-order valence-corrected chi connectivity index (χ1v) is 11.3. The topological polar surface area (TPSA) is 102 Å². The maximum atomic E-state index is 14.1. The summed E-state index contributed by atoms with van der Waals surface area (Å²) in [6.07, 6.45) is 1.79. The van der Waals surface area contributed by atoms with Crippen molar-refractivity contribution in [1.29, 1.82) is 0 Å². The Morgan fingerprint density at radius 3 is 2.76 bits per heavy atom. The van der Waals surface area contributed by atoms with E-state index in [2.05, 4.69) is 24.6 Å². The number of urea groups is 1. The molecular formula is C20H22ClF3N4O5S. The summed E-state index contributed by atoms with van der Waals surface area (Å²) in [7, 11) is 3.09. The van der Waals surface area contributed by atoms with Gasteiger partial charge in [0.2, 0.25) is 5.75 Å². The van der Waals surface area contributed by atoms with E-state index < -0.39 is 46.8 Å². The molecule has 0 saturated carbocycles. The van der Waals surface area contributed by atoms with Crippen molar-refractivity contribution in [3.63, 3.8) is 0 Å². The van der Waals surface area contributed by atoms with Crippen LogP contribution >= 0.6 is 23.1 Å². The fraction of sp³-hybridized carbons (Fsp3) is 0.450. The highest BCUT2D eigenvalue weighted by Gasteiger charge is 2.25. The molecule has 1 saturated heterocycles. The Morgan fingerprint density at radius 2 is 2.09 bits per heavy atom. The molecule has 1 fully saturated rings. The molecule has 1 aliphatic rings. The van der Waals surface area contributed by atoms with E-state index in [4.69, 9.17) is 21.1 Å². The van der Waals surface area contributed by atoms with E-state index in [1.807, 2.05) is 7.05 Å². The lowest BCUT2D eigenvalue weighted by molar-refractivity contribution is 0.119. The average Bonchev–Trinajstić information content (AvgIpc) is 3.37. The quantitative estimate of drug-likeness (QED) is 0.298. The number of hydrogen-bond acceptors (Lipinski definition) is 8. The second kappa shape index (κ2) is 11.6. The maximum Gasteiger partial charge on any atom is 0.513 e. The second-order valence-corrected chi connectivity index (χ2v) is 8.56. The van der Waals surface area contributed by atoms with Crippen molar-refractivity contribution in [2.45, 2.75) is 31.9 Å². The third kappa shape index (κ3) is 6.21. The predicted molar refractivity (Wildman–Crippen MR) is 118 cm³/mol. The van der Waals surface area contributed by atoms with Crippen molar-refractivity contribution in [2.24, 2.45) is 0 Å². The molecule has 186 valence electrons. The lowest BCUT2D eigenvalue weighted by Crippen LogP contribution is -2.34. The summed E-state index contributed by atoms with van der Waals surface area (Å²) in [5.41, 5.74) is -0.747. The van der Waals surface area contributed by atoms with E-state index in [1.165, 1.54) is 0 Å². The van der Waals surface area contributed by atoms with Crippen LogP contribution in [0.4, 0.5) is 27.8 Å². The summed E-state index contributed by atoms with van der Waals surface area (Å²) in [4.78, 5) is 26.2. The van der Waals surface area contributed by atoms with Gasteiger partial charge in [0.05, 0.1) is 17.7 Å². The second-order valence-electron chi connectivity index (χ2n) is 7.38. The van der Waals surface area contributed by atoms with Crippen LogP contribution in [0.1, 0.15) is 24.8 Å². The first-order valence-electron chi connectivity index (χ1n) is 10.2. The molecular weight excluding hydrogens is 501 g/mol. The van der Waals surface area contributed by atoms with E-state index in [1.54, 1.807) is 0 Å². The van der Waals surface area contributed by atoms with Gasteiger partial charge in [-0.15, -0.1) is 4.37 Å². The normalized spacial score (nSPS) is 15.8. The number of halogens is 4. The van der Waals surface area contributed by atoms with Crippen LogP contribution in [0.2, 0.25) is 5.02 Å². The molecule has 9 nitrogen and oxygen atoms in total. The number of hydrogen-bond donors (Lipinski definition) is 2. The van der Waals surface area contributed by atoms with Crippen molar-refractivity contribution in [2.75, 3.05) is 32.6 Å². The van der Waals surface area contributed by atoms with Crippen molar-refractivity contribution in [3.05, 3.63) is 34.1 Å². The number of nitrogens with one attached hydrogen (secondary N) is 2. The van der Waals surface area contributed by atoms with Crippen LogP contribution in [0.3, 0.4) is 0 Å². The maximum absolute atomic E-state index is 14.1. The molecule has 34 heavy (non-hydrogen) atoms. The molecule has 0 bridgehead atoms. The summed E-state index contributed by atoms with van der Waals surface area (Å²) in [5, 5.41) is 4.45. The predicted octanol–water partition coefficient (Wildman–Crippen LogP) is 4.54. The number of rotatable bonds is 8. The van der Waals surface area contributed by atoms with Crippen molar-refractivity contribution in [3.8, 4) is 11.6 Å². The Bertz CT molecular complexity index is 1060. The Balaban J connectivity index is 1.68. The van der Waals surface area contributed by atoms with Gasteiger partial charge in [-0.25, -0.2) is 22.8 Å². The third-order valence-electron chi connectivity index (χ3n) is 5.20. The molecule has 2 heterocycles. The van der Waals surface area contributed by atoms with Gasteiger partial charge < -0.3 is 24.4 Å². The Labute approximate surface area is 202 Å². The standard InChI is InChI=1S/C20H22ClF3N4O5S/c1-28-7-3-4-10(28)5-6-25-19(29)26-18-16(33-20(30)31-2)17(27-34-18)32-9-11-13(22)8-12(21)15(24)14(11)23/h8,10H,3-7,9H2,1-2H3,(H2,25,26,29). The van der Waals surface area contributed by atoms with Gasteiger partial charge in [0.25, 0.3) is 5.88 Å². The molecule has 0 radical (unpaired) electrons. The van der Waals surface area contributed by atoms with E-state index >= 15 is 0 Å². The minimum absolute atomic E-state index is 0.0147. The number of nitrogens with zero attached hydrogens (tertiary/aromatic N) is 2. The van der Waals surface area contributed by atoms with Crippen LogP contribution in [0.5, 0.6) is 11.6 Å². The number of carbonyl (C=O) groups excluding carboxylic acids is 2. The number of benzene rings is 1. The van der Waals surface area contributed by atoms with Crippen molar-refractivity contribution >= 4 is 40.3 Å². The van der Waals surface area contributed by atoms with Gasteiger partial charge in [-0.3, -0.25) is 5.32 Å². The molecule has 1 aromatic heterocycles. The monoisotopic (exact) mass is 522 g/mol. The van der Waals surface area contributed by atoms with Crippen LogP contribution in [-0.4, -0.2) is 54.7 Å². The molecule has 0 aliphatic carbocycles. The molecule has 1 aliphatic heterocycles. The lowest BCUT2D eigenvalue weighted by Gasteiger charge is -2.19. The zero-order valence-corrected chi connectivity index (χ0v) is 19.8. The zero-order chi connectivity index (χ0) is 24.8. The molecule has 1 unspecified atom stereocenters. The molecule has 1 atom stereocenters. The van der Waals surface area contributed by atoms with E-state index in [0.29, 0.717) is 30.2 Å². The Kier molecular flexibility index (Phi) is 8.80. The van der Waals surface area contributed by atoms with E-state index in [0.717, 1.165) is 32.9 Å². The average molecular weight is 523 g/mol. The first-order chi connectivity index (χ1) is 16.2. The number of methoxy groups -OCH3 is 1. The minimum Gasteiger partial charge on any atom is -0.469 e. The van der Waals surface area contributed by atoms with Gasteiger partial charge in [-0.1, -0.05) is 11.6 Å². The molecule has 2 amide bonds. The zero-order valence-electron chi connectivity index (χ0n) is 18.3. The third-order valence-corrected chi connectivity index (χ3v) is 6.20. The number of aromatic nitrogens is 1. The fourth-order valence-corrected chi connectivity index (χ4v) is 4.21. The molecule has 0 spiro atoms. The Hall–Kier alpha value is -2.77. The number of carbonyl (C=O) groups is 2. The van der Waals surface area contributed by atoms with Gasteiger partial charge in [0.15, 0.2) is 16.6 Å². The van der Waals surface area contributed by atoms with Gasteiger partial charge in [0, 0.05) is 12.6 Å². The molecule has 2 aromatic rings. The minimum atomic E-state index is -1.53. The summed E-state index contributed by atoms with van der Waals surface area (Å²) in [6, 6.07) is 0.412. The molecule has 1 aromatic carbocycles. The van der Waals surface area contributed by atoms with Crippen LogP contribution < -0.4 is 20.1 Å². The van der Waals surface area contributed by atoms with Crippen molar-refractivity contribution in [1.82, 2.24) is 14.6 Å². The van der Waals surface area contributed by atoms with E-state index in [-0.39, 0.29) is 16.6 Å². The first kappa shape index (κ1) is 25.8. The number of amides is 2. The smallest absolute Gasteiger partial charge is 0.469 e. The summed E-state index contributed by atoms with van der Waals surface area (Å²) < 4.78 is 60.3. The summed E-state index contributed by atoms with van der Waals surface area (Å²) >= 11 is 6.11. The summed E-state index contributed by atoms with van der Waals surface area (Å²) in [6.45, 7) is 0.635. The van der Waals surface area contributed by atoms with Crippen molar-refractivity contribution < 1.29 is 37.0 Å². The lowest BCUT2D eigenvalue weighted by atomic mass is 10.1. The van der Waals surface area contributed by atoms with E-state index in [9.17, 15) is 22.8 Å². The SMILES string of the molecule is COC(=O)Oc1c(OCc2c(F)cc(Cl)c(F)c2F)nsc1NC(=O)NCCC1CCCN1C. The fourth-order valence-electron chi connectivity index (χ4n) is 3.37. The van der Waals surface area contributed by atoms with Crippen LogP contribution in [0.25, 0.3) is 0 Å². The highest BCUT2D eigenvalue weighted by molar-refractivity contribution is 7.11. The van der Waals surface area contributed by atoms with Gasteiger partial charge in [0.1, 0.15) is 12.4 Å². The van der Waals surface area contributed by atoms with Gasteiger partial charge in [-0.05, 0) is 50.5 Å². The van der Waals surface area contributed by atoms with Gasteiger partial charge in [-0.2, -0.15) is 0 Å². The highest BCUT2D eigenvalue weighted by Crippen LogP contribution is 2.40. The van der Waals surface area contributed by atoms with Crippen LogP contribution in [0, 0.1) is 17.5 Å².